The van der Waals surface area contributed by atoms with Crippen LogP contribution in [0.4, 0.5) is 0 Å². The average molecular weight is 650 g/mol. The normalized spacial score (nSPS) is 10.9. The molecule has 0 aromatic heterocycles. The molecule has 0 spiro atoms. The van der Waals surface area contributed by atoms with Gasteiger partial charge < -0.3 is 13.8 Å². The third-order valence-corrected chi connectivity index (χ3v) is 9.21. The molecule has 0 nitrogen and oxygen atoms in total. The molecule has 0 atom stereocenters. The molecule has 0 bridgehead atoms. The summed E-state index contributed by atoms with van der Waals surface area (Å²) in [6.45, 7) is 12.4. The third kappa shape index (κ3) is 52.3. The van der Waals surface area contributed by atoms with Gasteiger partial charge in [0, 0.05) is 0 Å². The Bertz CT molecular complexity index is 332. The number of unbranched alkanes of at least 4 members (excludes halogenated alkanes) is 36. The van der Waals surface area contributed by atoms with Gasteiger partial charge in [0.2, 0.25) is 0 Å². The Labute approximate surface area is 287 Å². The summed E-state index contributed by atoms with van der Waals surface area (Å²) in [5.41, 5.74) is 0. The van der Waals surface area contributed by atoms with Crippen molar-refractivity contribution >= 4 is 0 Å². The fourth-order valence-corrected chi connectivity index (χ4v) is 6.16. The van der Waals surface area contributed by atoms with E-state index in [1.165, 1.54) is 231 Å². The van der Waals surface area contributed by atoms with Crippen molar-refractivity contribution in [2.75, 3.05) is 0 Å². The molecule has 0 saturated carbocycles. The summed E-state index contributed by atoms with van der Waals surface area (Å²) < 4.78 is 0. The summed E-state index contributed by atoms with van der Waals surface area (Å²) in [7, 11) is 0. The Morgan fingerprint density at radius 3 is 0.442 bits per heavy atom. The average Bonchev–Trinajstić information content (AvgIpc) is 3.00. The monoisotopic (exact) mass is 649 g/mol. The number of rotatable bonds is 36. The summed E-state index contributed by atoms with van der Waals surface area (Å²) in [6.07, 6.45) is 54.6. The fraction of sp³-hybridized carbons (Fsp3) is 0.952. The first kappa shape index (κ1) is 47.9. The maximum absolute atomic E-state index is 3.90. The van der Waals surface area contributed by atoms with Gasteiger partial charge in [-0.3, -0.25) is 0 Å². The topological polar surface area (TPSA) is 0 Å². The van der Waals surface area contributed by atoms with Crippen molar-refractivity contribution in [1.82, 2.24) is 0 Å². The second-order valence-corrected chi connectivity index (χ2v) is 13.7. The molecule has 264 valence electrons. The number of hydrogen-bond acceptors (Lipinski definition) is 0. The Kier molecular flexibility index (Phi) is 55.0. The second-order valence-electron chi connectivity index (χ2n) is 13.7. The summed E-state index contributed by atoms with van der Waals surface area (Å²) >= 11 is 0. The Balaban J connectivity index is -0.000000727. The van der Waals surface area contributed by atoms with Crippen LogP contribution in [0.1, 0.15) is 258 Å². The maximum Gasteiger partial charge on any atom is 2.00 e. The van der Waals surface area contributed by atoms with E-state index < -0.39 is 0 Å². The van der Waals surface area contributed by atoms with Crippen LogP contribution in [-0.2, 0) is 16.5 Å². The predicted octanol–water partition coefficient (Wildman–Crippen LogP) is 16.5. The molecule has 0 radical (unpaired) electrons. The zero-order chi connectivity index (χ0) is 30.9. The molecule has 0 aromatic carbocycles. The minimum Gasteiger partial charge on any atom is -0.343 e. The molecule has 0 aromatic rings. The van der Waals surface area contributed by atoms with E-state index in [4.69, 9.17) is 0 Å². The van der Waals surface area contributed by atoms with E-state index in [1.807, 2.05) is 0 Å². The van der Waals surface area contributed by atoms with Crippen LogP contribution in [0.5, 0.6) is 0 Å². The quantitative estimate of drug-likeness (QED) is 0.0360. The molecule has 0 amide bonds. The fourth-order valence-electron chi connectivity index (χ4n) is 6.16. The molecule has 0 saturated heterocycles. The molecule has 0 fully saturated rings. The molecule has 0 aliphatic rings. The van der Waals surface area contributed by atoms with Gasteiger partial charge >= 0.3 is 16.5 Å². The van der Waals surface area contributed by atoms with Gasteiger partial charge in [0.25, 0.3) is 0 Å². The van der Waals surface area contributed by atoms with Crippen molar-refractivity contribution in [3.05, 3.63) is 13.8 Å². The molecule has 0 rings (SSSR count). The number of hydrogen-bond donors (Lipinski definition) is 0. The first-order valence-corrected chi connectivity index (χ1v) is 20.4. The molecule has 0 aliphatic heterocycles. The standard InChI is InChI=1S/2C21H43.Ni/c2*1-3-5-7-9-11-13-15-17-19-21-20-18-16-14-12-10-8-6-4-2;/h2*1,3-21H2,2H3;/q2*-1;+2. The summed E-state index contributed by atoms with van der Waals surface area (Å²) in [5.74, 6) is 0. The van der Waals surface area contributed by atoms with Crippen LogP contribution >= 0.6 is 0 Å². The van der Waals surface area contributed by atoms with Gasteiger partial charge in [0.1, 0.15) is 0 Å². The van der Waals surface area contributed by atoms with Crippen LogP contribution in [-0.4, -0.2) is 0 Å². The van der Waals surface area contributed by atoms with Crippen molar-refractivity contribution in [3.8, 4) is 0 Å². The molecular weight excluding hydrogens is 563 g/mol. The van der Waals surface area contributed by atoms with E-state index in [1.54, 1.807) is 0 Å². The molecule has 0 unspecified atom stereocenters. The Morgan fingerprint density at radius 2 is 0.326 bits per heavy atom. The first-order chi connectivity index (χ1) is 20.8. The summed E-state index contributed by atoms with van der Waals surface area (Å²) in [5, 5.41) is 0. The molecule has 0 aliphatic carbocycles. The van der Waals surface area contributed by atoms with Crippen LogP contribution in [0, 0.1) is 13.8 Å². The van der Waals surface area contributed by atoms with Crippen LogP contribution in [0.25, 0.3) is 0 Å². The van der Waals surface area contributed by atoms with E-state index in [2.05, 4.69) is 27.7 Å². The van der Waals surface area contributed by atoms with E-state index in [9.17, 15) is 0 Å². The maximum atomic E-state index is 3.90. The van der Waals surface area contributed by atoms with Crippen LogP contribution in [0.3, 0.4) is 0 Å². The minimum atomic E-state index is 0. The van der Waals surface area contributed by atoms with Crippen LogP contribution in [0.2, 0.25) is 0 Å². The smallest absolute Gasteiger partial charge is 0.343 e. The van der Waals surface area contributed by atoms with Crippen molar-refractivity contribution in [2.45, 2.75) is 258 Å². The van der Waals surface area contributed by atoms with Crippen LogP contribution in [0.15, 0.2) is 0 Å². The minimum absolute atomic E-state index is 0. The van der Waals surface area contributed by atoms with Crippen molar-refractivity contribution in [3.63, 3.8) is 0 Å². The van der Waals surface area contributed by atoms with E-state index >= 15 is 0 Å². The second kappa shape index (κ2) is 49.4. The van der Waals surface area contributed by atoms with Crippen LogP contribution < -0.4 is 0 Å². The van der Waals surface area contributed by atoms with E-state index in [-0.39, 0.29) is 16.5 Å². The van der Waals surface area contributed by atoms with Gasteiger partial charge in [-0.05, 0) is 0 Å². The third-order valence-electron chi connectivity index (χ3n) is 9.21. The molecule has 1 heteroatoms. The molecule has 0 heterocycles. The van der Waals surface area contributed by atoms with Gasteiger partial charge in [-0.15, -0.1) is 0 Å². The first-order valence-electron chi connectivity index (χ1n) is 20.4. The van der Waals surface area contributed by atoms with Gasteiger partial charge in [0.05, 0.1) is 0 Å². The van der Waals surface area contributed by atoms with E-state index in [0.29, 0.717) is 0 Å². The molecule has 43 heavy (non-hydrogen) atoms. The van der Waals surface area contributed by atoms with Gasteiger partial charge in [-0.2, -0.15) is 12.8 Å². The zero-order valence-corrected chi connectivity index (χ0v) is 31.6. The zero-order valence-electron chi connectivity index (χ0n) is 30.6. The van der Waals surface area contributed by atoms with Crippen molar-refractivity contribution in [1.29, 1.82) is 0 Å². The largest absolute Gasteiger partial charge is 2.00 e. The van der Waals surface area contributed by atoms with E-state index in [0.717, 1.165) is 12.8 Å². The van der Waals surface area contributed by atoms with Gasteiger partial charge in [-0.1, -0.05) is 245 Å². The van der Waals surface area contributed by atoms with Gasteiger partial charge in [-0.25, -0.2) is 0 Å². The SMILES string of the molecule is [CH2-]CCCCCCCCCCCCCCCCCCCC.[CH2-]CCCCCCCCCCCCCCCCCCCC.[Ni+2]. The Hall–Kier alpha value is 0.494. The van der Waals surface area contributed by atoms with Crippen molar-refractivity contribution < 1.29 is 16.5 Å². The van der Waals surface area contributed by atoms with Gasteiger partial charge in [0.15, 0.2) is 0 Å². The summed E-state index contributed by atoms with van der Waals surface area (Å²) in [4.78, 5) is 0. The Morgan fingerprint density at radius 1 is 0.209 bits per heavy atom. The summed E-state index contributed by atoms with van der Waals surface area (Å²) in [6, 6.07) is 0. The predicted molar refractivity (Wildman–Crippen MR) is 198 cm³/mol. The molecule has 0 N–H and O–H groups in total. The molecular formula is C42H86Ni. The van der Waals surface area contributed by atoms with Crippen molar-refractivity contribution in [2.24, 2.45) is 0 Å².